The molecule has 1 saturated carbocycles. The molecule has 1 aromatic heterocycles. The van der Waals surface area contributed by atoms with Crippen LogP contribution in [0.3, 0.4) is 0 Å². The first-order valence-electron chi connectivity index (χ1n) is 12.6. The highest BCUT2D eigenvalue weighted by atomic mass is 19.1. The van der Waals surface area contributed by atoms with E-state index in [2.05, 4.69) is 27.8 Å². The molecule has 2 N–H and O–H groups in total. The molecule has 1 aliphatic heterocycles. The summed E-state index contributed by atoms with van der Waals surface area (Å²) in [6.45, 7) is 1.53. The first-order chi connectivity index (χ1) is 18.5. The zero-order valence-corrected chi connectivity index (χ0v) is 20.6. The van der Waals surface area contributed by atoms with Crippen molar-refractivity contribution >= 4 is 34.1 Å². The van der Waals surface area contributed by atoms with Crippen LogP contribution >= 0.6 is 0 Å². The number of ether oxygens (including phenoxy) is 2. The minimum Gasteiger partial charge on any atom is -0.457 e. The Hall–Kier alpha value is -4.30. The standard InChI is InChI=1S/C30H26FN3O4/c31-21-2-4-22(5-3-21)33-28(35)30(13-14-30)29(36)34-23-6-8-24(9-7-23)38-27-11-15-32-26-17-19(1-10-25(26)27)20-12-16-37-18-20/h1-11,15,17,20H,12-14,16,18H2,(H,33,35)(H,34,36)/t20-/m0/s1. The Morgan fingerprint density at radius 2 is 1.61 bits per heavy atom. The van der Waals surface area contributed by atoms with Crippen LogP contribution in [0.1, 0.15) is 30.7 Å². The molecule has 2 fully saturated rings. The number of fused-ring (bicyclic) bond motifs is 1. The minimum atomic E-state index is -1.12. The van der Waals surface area contributed by atoms with Crippen LogP contribution < -0.4 is 15.4 Å². The number of carbonyl (C=O) groups excluding carboxylic acids is 2. The Morgan fingerprint density at radius 3 is 2.24 bits per heavy atom. The number of nitrogens with zero attached hydrogens (tertiary/aromatic N) is 1. The van der Waals surface area contributed by atoms with Gasteiger partial charge in [-0.2, -0.15) is 0 Å². The normalized spacial score (nSPS) is 17.7. The van der Waals surface area contributed by atoms with Gasteiger partial charge in [-0.3, -0.25) is 14.6 Å². The fourth-order valence-corrected chi connectivity index (χ4v) is 4.73. The molecule has 2 amide bonds. The van der Waals surface area contributed by atoms with Crippen molar-refractivity contribution in [3.8, 4) is 11.5 Å². The molecule has 1 aliphatic carbocycles. The van der Waals surface area contributed by atoms with Crippen LogP contribution in [-0.2, 0) is 14.3 Å². The van der Waals surface area contributed by atoms with Crippen LogP contribution in [0.15, 0.2) is 79.0 Å². The van der Waals surface area contributed by atoms with Gasteiger partial charge in [-0.25, -0.2) is 4.39 Å². The van der Waals surface area contributed by atoms with E-state index in [1.807, 2.05) is 12.1 Å². The van der Waals surface area contributed by atoms with Crippen molar-refractivity contribution in [2.45, 2.75) is 25.2 Å². The second-order valence-electron chi connectivity index (χ2n) is 9.77. The van der Waals surface area contributed by atoms with E-state index in [4.69, 9.17) is 9.47 Å². The van der Waals surface area contributed by atoms with Crippen molar-refractivity contribution in [2.75, 3.05) is 23.8 Å². The Bertz CT molecular complexity index is 1490. The number of hydrogen-bond donors (Lipinski definition) is 2. The lowest BCUT2D eigenvalue weighted by atomic mass is 9.97. The van der Waals surface area contributed by atoms with Gasteiger partial charge in [0.05, 0.1) is 12.1 Å². The van der Waals surface area contributed by atoms with Crippen molar-refractivity contribution < 1.29 is 23.5 Å². The molecule has 8 heteroatoms. The lowest BCUT2D eigenvalue weighted by molar-refractivity contribution is -0.131. The number of halogens is 1. The van der Waals surface area contributed by atoms with Crippen molar-refractivity contribution in [1.82, 2.24) is 4.98 Å². The van der Waals surface area contributed by atoms with Crippen molar-refractivity contribution in [3.05, 3.63) is 90.4 Å². The summed E-state index contributed by atoms with van der Waals surface area (Å²) in [6.07, 6.45) is 3.66. The number of nitrogens with one attached hydrogen (secondary N) is 2. The SMILES string of the molecule is O=C(Nc1ccc(F)cc1)C1(C(=O)Nc2ccc(Oc3ccnc4cc([C@H]5CCOC5)ccc34)cc2)CC1. The monoisotopic (exact) mass is 511 g/mol. The molecule has 6 rings (SSSR count). The lowest BCUT2D eigenvalue weighted by Crippen LogP contribution is -2.35. The summed E-state index contributed by atoms with van der Waals surface area (Å²) in [5, 5.41) is 6.46. The van der Waals surface area contributed by atoms with E-state index in [0.29, 0.717) is 41.6 Å². The summed E-state index contributed by atoms with van der Waals surface area (Å²) in [6, 6.07) is 20.5. The lowest BCUT2D eigenvalue weighted by Gasteiger charge is -2.16. The zero-order chi connectivity index (χ0) is 26.1. The van der Waals surface area contributed by atoms with Crippen LogP contribution in [0.5, 0.6) is 11.5 Å². The molecule has 3 aromatic carbocycles. The maximum atomic E-state index is 13.1. The molecule has 38 heavy (non-hydrogen) atoms. The molecular formula is C30H26FN3O4. The van der Waals surface area contributed by atoms with Crippen LogP contribution in [0.25, 0.3) is 10.9 Å². The Balaban J connectivity index is 1.11. The van der Waals surface area contributed by atoms with Gasteiger partial charge in [0.2, 0.25) is 11.8 Å². The molecule has 1 saturated heterocycles. The van der Waals surface area contributed by atoms with E-state index in [1.165, 1.54) is 29.8 Å². The molecular weight excluding hydrogens is 485 g/mol. The van der Waals surface area contributed by atoms with Gasteiger partial charge in [0.1, 0.15) is 22.7 Å². The van der Waals surface area contributed by atoms with E-state index in [9.17, 15) is 14.0 Å². The van der Waals surface area contributed by atoms with Crippen LogP contribution in [0, 0.1) is 11.2 Å². The van der Waals surface area contributed by atoms with Gasteiger partial charge in [0, 0.05) is 35.5 Å². The van der Waals surface area contributed by atoms with Gasteiger partial charge in [-0.05, 0) is 91.6 Å². The average Bonchev–Trinajstić information content (AvgIpc) is 3.57. The van der Waals surface area contributed by atoms with E-state index in [-0.39, 0.29) is 5.91 Å². The quantitative estimate of drug-likeness (QED) is 0.296. The summed E-state index contributed by atoms with van der Waals surface area (Å²) in [4.78, 5) is 30.2. The second-order valence-corrected chi connectivity index (χ2v) is 9.77. The van der Waals surface area contributed by atoms with Gasteiger partial charge in [-0.15, -0.1) is 0 Å². The minimum absolute atomic E-state index is 0.366. The van der Waals surface area contributed by atoms with Crippen molar-refractivity contribution in [1.29, 1.82) is 0 Å². The Kier molecular flexibility index (Phi) is 6.25. The largest absolute Gasteiger partial charge is 0.457 e. The summed E-state index contributed by atoms with van der Waals surface area (Å²) >= 11 is 0. The molecule has 7 nitrogen and oxygen atoms in total. The summed E-state index contributed by atoms with van der Waals surface area (Å²) in [5.74, 6) is 0.547. The highest BCUT2D eigenvalue weighted by Crippen LogP contribution is 2.47. The van der Waals surface area contributed by atoms with E-state index < -0.39 is 17.1 Å². The number of rotatable bonds is 7. The topological polar surface area (TPSA) is 89.6 Å². The molecule has 4 aromatic rings. The predicted octanol–water partition coefficient (Wildman–Crippen LogP) is 6.03. The summed E-state index contributed by atoms with van der Waals surface area (Å²) < 4.78 is 24.8. The third kappa shape index (κ3) is 4.82. The molecule has 0 unspecified atom stereocenters. The summed E-state index contributed by atoms with van der Waals surface area (Å²) in [5.41, 5.74) is 1.97. The van der Waals surface area contributed by atoms with Gasteiger partial charge in [-0.1, -0.05) is 6.07 Å². The van der Waals surface area contributed by atoms with Crippen LogP contribution in [0.4, 0.5) is 15.8 Å². The fraction of sp³-hybridized carbons (Fsp3) is 0.233. The van der Waals surface area contributed by atoms with Gasteiger partial charge < -0.3 is 20.1 Å². The third-order valence-electron chi connectivity index (χ3n) is 7.19. The Labute approximate surface area is 219 Å². The molecule has 2 heterocycles. The number of anilines is 2. The second kappa shape index (κ2) is 9.87. The smallest absolute Gasteiger partial charge is 0.240 e. The number of aromatic nitrogens is 1. The fourth-order valence-electron chi connectivity index (χ4n) is 4.73. The molecule has 0 bridgehead atoms. The maximum absolute atomic E-state index is 13.1. The Morgan fingerprint density at radius 1 is 0.921 bits per heavy atom. The predicted molar refractivity (Wildman–Crippen MR) is 142 cm³/mol. The number of benzene rings is 3. The van der Waals surface area contributed by atoms with Crippen LogP contribution in [0.2, 0.25) is 0 Å². The van der Waals surface area contributed by atoms with Crippen LogP contribution in [-0.4, -0.2) is 30.0 Å². The highest BCUT2D eigenvalue weighted by Gasteiger charge is 2.56. The highest BCUT2D eigenvalue weighted by molar-refractivity contribution is 6.16. The number of pyridine rings is 1. The number of carbonyl (C=O) groups is 2. The van der Waals surface area contributed by atoms with Crippen molar-refractivity contribution in [2.24, 2.45) is 5.41 Å². The molecule has 2 aliphatic rings. The molecule has 192 valence electrons. The molecule has 0 radical (unpaired) electrons. The first-order valence-corrected chi connectivity index (χ1v) is 12.6. The average molecular weight is 512 g/mol. The number of hydrogen-bond acceptors (Lipinski definition) is 5. The van der Waals surface area contributed by atoms with Gasteiger partial charge in [0.15, 0.2) is 0 Å². The zero-order valence-electron chi connectivity index (χ0n) is 20.6. The van der Waals surface area contributed by atoms with E-state index in [1.54, 1.807) is 30.5 Å². The van der Waals surface area contributed by atoms with Gasteiger partial charge in [0.25, 0.3) is 0 Å². The van der Waals surface area contributed by atoms with Crippen molar-refractivity contribution in [3.63, 3.8) is 0 Å². The van der Waals surface area contributed by atoms with E-state index >= 15 is 0 Å². The summed E-state index contributed by atoms with van der Waals surface area (Å²) in [7, 11) is 0. The first kappa shape index (κ1) is 24.1. The third-order valence-corrected chi connectivity index (χ3v) is 7.19. The number of amides is 2. The van der Waals surface area contributed by atoms with E-state index in [0.717, 1.165) is 30.5 Å². The van der Waals surface area contributed by atoms with Gasteiger partial charge >= 0.3 is 0 Å². The molecule has 0 spiro atoms. The maximum Gasteiger partial charge on any atom is 0.240 e. The molecule has 1 atom stereocenters.